The lowest BCUT2D eigenvalue weighted by atomic mass is 10.1. The van der Waals surface area contributed by atoms with Crippen LogP contribution in [-0.4, -0.2) is 27.3 Å². The molecule has 0 aliphatic carbocycles. The first-order chi connectivity index (χ1) is 7.83. The normalized spacial score (nSPS) is 12.9. The van der Waals surface area contributed by atoms with Gasteiger partial charge in [-0.1, -0.05) is 33.1 Å². The molecular weight excluding hydrogens is 202 g/mol. The van der Waals surface area contributed by atoms with Gasteiger partial charge in [-0.15, -0.1) is 5.10 Å². The zero-order chi connectivity index (χ0) is 11.8. The van der Waals surface area contributed by atoms with Gasteiger partial charge in [0.25, 0.3) is 0 Å². The minimum Gasteiger partial charge on any atom is -0.313 e. The van der Waals surface area contributed by atoms with Crippen molar-refractivity contribution in [2.45, 2.75) is 58.5 Å². The van der Waals surface area contributed by atoms with E-state index in [4.69, 9.17) is 0 Å². The molecule has 0 bridgehead atoms. The molecule has 1 aromatic rings. The third-order valence-corrected chi connectivity index (χ3v) is 2.75. The Morgan fingerprint density at radius 2 is 2.06 bits per heavy atom. The Balaban J connectivity index is 2.70. The van der Waals surface area contributed by atoms with Gasteiger partial charge in [0.05, 0.1) is 12.6 Å². The molecule has 0 amide bonds. The Morgan fingerprint density at radius 1 is 1.25 bits per heavy atom. The van der Waals surface area contributed by atoms with Crippen molar-refractivity contribution in [3.8, 4) is 0 Å². The fourth-order valence-corrected chi connectivity index (χ4v) is 1.93. The smallest absolute Gasteiger partial charge is 0.165 e. The van der Waals surface area contributed by atoms with Crippen molar-refractivity contribution in [3.05, 3.63) is 5.82 Å². The topological polar surface area (TPSA) is 55.6 Å². The third-order valence-electron chi connectivity index (χ3n) is 2.75. The van der Waals surface area contributed by atoms with Crippen molar-refractivity contribution < 1.29 is 0 Å². The lowest BCUT2D eigenvalue weighted by Crippen LogP contribution is -2.18. The largest absolute Gasteiger partial charge is 0.313 e. The number of hydrogen-bond acceptors (Lipinski definition) is 4. The van der Waals surface area contributed by atoms with E-state index in [1.54, 1.807) is 0 Å². The van der Waals surface area contributed by atoms with Crippen molar-refractivity contribution in [2.75, 3.05) is 7.05 Å². The Hall–Kier alpha value is -0.970. The number of unbranched alkanes of at least 4 members (excludes halogenated alkanes) is 1. The summed E-state index contributed by atoms with van der Waals surface area (Å²) < 4.78 is 2.00. The van der Waals surface area contributed by atoms with Crippen molar-refractivity contribution >= 4 is 0 Å². The van der Waals surface area contributed by atoms with Crippen LogP contribution in [0.3, 0.4) is 0 Å². The monoisotopic (exact) mass is 225 g/mol. The summed E-state index contributed by atoms with van der Waals surface area (Å²) >= 11 is 0. The molecule has 16 heavy (non-hydrogen) atoms. The standard InChI is InChI=1S/C11H23N5/c1-4-6-8-10(7-5-2)16-11(9-12-3)13-14-15-16/h10,12H,4-9H2,1-3H3. The van der Waals surface area contributed by atoms with Crippen molar-refractivity contribution in [1.29, 1.82) is 0 Å². The van der Waals surface area contributed by atoms with Crippen molar-refractivity contribution in [3.63, 3.8) is 0 Å². The van der Waals surface area contributed by atoms with E-state index >= 15 is 0 Å². The molecule has 5 nitrogen and oxygen atoms in total. The van der Waals surface area contributed by atoms with Crippen LogP contribution in [0.2, 0.25) is 0 Å². The lowest BCUT2D eigenvalue weighted by Gasteiger charge is -2.17. The highest BCUT2D eigenvalue weighted by atomic mass is 15.6. The second kappa shape index (κ2) is 7.33. The Morgan fingerprint density at radius 3 is 2.69 bits per heavy atom. The van der Waals surface area contributed by atoms with Gasteiger partial charge in [0.2, 0.25) is 0 Å². The molecular formula is C11H23N5. The first-order valence-electron chi connectivity index (χ1n) is 6.24. The second-order valence-electron chi connectivity index (χ2n) is 4.15. The Bertz CT molecular complexity index is 284. The van der Waals surface area contributed by atoms with Gasteiger partial charge in [0, 0.05) is 0 Å². The van der Waals surface area contributed by atoms with E-state index in [0.717, 1.165) is 18.8 Å². The number of nitrogens with one attached hydrogen (secondary N) is 1. The van der Waals surface area contributed by atoms with Gasteiger partial charge >= 0.3 is 0 Å². The van der Waals surface area contributed by atoms with E-state index < -0.39 is 0 Å². The predicted molar refractivity (Wildman–Crippen MR) is 64.1 cm³/mol. The van der Waals surface area contributed by atoms with E-state index in [0.29, 0.717) is 6.04 Å². The van der Waals surface area contributed by atoms with Crippen molar-refractivity contribution in [2.24, 2.45) is 0 Å². The van der Waals surface area contributed by atoms with Crippen LogP contribution in [0.15, 0.2) is 0 Å². The minimum absolute atomic E-state index is 0.461. The molecule has 0 aromatic carbocycles. The van der Waals surface area contributed by atoms with E-state index in [2.05, 4.69) is 34.7 Å². The molecule has 0 saturated heterocycles. The maximum absolute atomic E-state index is 4.12. The van der Waals surface area contributed by atoms with E-state index in [-0.39, 0.29) is 0 Å². The first kappa shape index (κ1) is 13.1. The van der Waals surface area contributed by atoms with Crippen LogP contribution >= 0.6 is 0 Å². The highest BCUT2D eigenvalue weighted by molar-refractivity contribution is 4.83. The molecule has 92 valence electrons. The zero-order valence-electron chi connectivity index (χ0n) is 10.6. The Labute approximate surface area is 97.6 Å². The number of tetrazole rings is 1. The molecule has 0 fully saturated rings. The quantitative estimate of drug-likeness (QED) is 0.734. The van der Waals surface area contributed by atoms with Crippen molar-refractivity contribution in [1.82, 2.24) is 25.5 Å². The van der Waals surface area contributed by atoms with Crippen LogP contribution in [0.1, 0.15) is 57.8 Å². The third kappa shape index (κ3) is 3.56. The average molecular weight is 225 g/mol. The summed E-state index contributed by atoms with van der Waals surface area (Å²) in [5.74, 6) is 0.942. The summed E-state index contributed by atoms with van der Waals surface area (Å²) in [5.41, 5.74) is 0. The number of hydrogen-bond donors (Lipinski definition) is 1. The van der Waals surface area contributed by atoms with Crippen LogP contribution in [0.25, 0.3) is 0 Å². The van der Waals surface area contributed by atoms with Gasteiger partial charge in [0.15, 0.2) is 5.82 Å². The second-order valence-corrected chi connectivity index (χ2v) is 4.15. The SMILES string of the molecule is CCCCC(CCC)n1nnnc1CNC. The molecule has 0 radical (unpaired) electrons. The number of aromatic nitrogens is 4. The highest BCUT2D eigenvalue weighted by Crippen LogP contribution is 2.20. The maximum Gasteiger partial charge on any atom is 0.165 e. The minimum atomic E-state index is 0.461. The summed E-state index contributed by atoms with van der Waals surface area (Å²) in [7, 11) is 1.92. The average Bonchev–Trinajstić information content (AvgIpc) is 2.73. The summed E-state index contributed by atoms with van der Waals surface area (Å²) in [5, 5.41) is 15.1. The summed E-state index contributed by atoms with van der Waals surface area (Å²) in [6, 6.07) is 0.461. The van der Waals surface area contributed by atoms with Gasteiger partial charge < -0.3 is 5.32 Å². The van der Waals surface area contributed by atoms with Gasteiger partial charge in [-0.25, -0.2) is 4.68 Å². The fraction of sp³-hybridized carbons (Fsp3) is 0.909. The molecule has 1 heterocycles. The molecule has 0 aliphatic rings. The van der Waals surface area contributed by atoms with E-state index in [1.165, 1.54) is 25.7 Å². The van der Waals surface area contributed by atoms with Crippen LogP contribution in [0.4, 0.5) is 0 Å². The lowest BCUT2D eigenvalue weighted by molar-refractivity contribution is 0.364. The molecule has 5 heteroatoms. The molecule has 1 atom stereocenters. The summed E-state index contributed by atoms with van der Waals surface area (Å²) in [6.45, 7) is 5.16. The van der Waals surface area contributed by atoms with E-state index in [9.17, 15) is 0 Å². The van der Waals surface area contributed by atoms with Gasteiger partial charge in [-0.3, -0.25) is 0 Å². The number of nitrogens with zero attached hydrogens (tertiary/aromatic N) is 4. The molecule has 0 spiro atoms. The molecule has 1 unspecified atom stereocenters. The fourth-order valence-electron chi connectivity index (χ4n) is 1.93. The summed E-state index contributed by atoms with van der Waals surface area (Å²) in [6.07, 6.45) is 5.97. The van der Waals surface area contributed by atoms with Crippen LogP contribution in [0, 0.1) is 0 Å². The molecule has 1 N–H and O–H groups in total. The molecule has 1 aromatic heterocycles. The van der Waals surface area contributed by atoms with Crippen LogP contribution in [-0.2, 0) is 6.54 Å². The molecule has 1 rings (SSSR count). The molecule has 0 aliphatic heterocycles. The Kier molecular flexibility index (Phi) is 6.00. The van der Waals surface area contributed by atoms with Crippen LogP contribution in [0.5, 0.6) is 0 Å². The predicted octanol–water partition coefficient (Wildman–Crippen LogP) is 1.92. The summed E-state index contributed by atoms with van der Waals surface area (Å²) in [4.78, 5) is 0. The van der Waals surface area contributed by atoms with Gasteiger partial charge in [0.1, 0.15) is 0 Å². The maximum atomic E-state index is 4.12. The number of rotatable bonds is 8. The van der Waals surface area contributed by atoms with Crippen LogP contribution < -0.4 is 5.32 Å². The van der Waals surface area contributed by atoms with Gasteiger partial charge in [-0.05, 0) is 30.3 Å². The van der Waals surface area contributed by atoms with E-state index in [1.807, 2.05) is 11.7 Å². The highest BCUT2D eigenvalue weighted by Gasteiger charge is 2.15. The zero-order valence-corrected chi connectivity index (χ0v) is 10.6. The van der Waals surface area contributed by atoms with Gasteiger partial charge in [-0.2, -0.15) is 0 Å². The molecule has 0 saturated carbocycles. The first-order valence-corrected chi connectivity index (χ1v) is 6.24.